The molecule has 0 heterocycles. The average Bonchev–Trinajstić information content (AvgIpc) is 2.84. The number of nitrogens with two attached hydrogens (primary N) is 1. The van der Waals surface area contributed by atoms with Gasteiger partial charge >= 0.3 is 0 Å². The number of sulfonamides is 1. The summed E-state index contributed by atoms with van der Waals surface area (Å²) in [5, 5.41) is 3.35. The van der Waals surface area contributed by atoms with E-state index in [4.69, 9.17) is 5.73 Å². The van der Waals surface area contributed by atoms with Crippen molar-refractivity contribution in [2.45, 2.75) is 36.6 Å². The minimum Gasteiger partial charge on any atom is -0.397 e. The number of nitrogens with zero attached hydrogens (tertiary/aromatic N) is 1. The smallest absolute Gasteiger partial charge is 0.242 e. The minimum atomic E-state index is -3.41. The summed E-state index contributed by atoms with van der Waals surface area (Å²) in [6.45, 7) is 0. The van der Waals surface area contributed by atoms with E-state index < -0.39 is 10.0 Å². The molecule has 1 aromatic rings. The van der Waals surface area contributed by atoms with Crippen molar-refractivity contribution < 1.29 is 8.42 Å². The van der Waals surface area contributed by atoms with E-state index in [1.54, 1.807) is 18.2 Å². The normalized spacial score (nSPS) is 17.0. The van der Waals surface area contributed by atoms with E-state index in [-0.39, 0.29) is 4.90 Å². The fraction of sp³-hybridized carbons (Fsp3) is 0.538. The molecule has 5 nitrogen and oxygen atoms in total. The Labute approximate surface area is 114 Å². The van der Waals surface area contributed by atoms with Crippen molar-refractivity contribution >= 4 is 21.4 Å². The third-order valence-corrected chi connectivity index (χ3v) is 5.33. The van der Waals surface area contributed by atoms with Crippen molar-refractivity contribution in [3.05, 3.63) is 18.2 Å². The zero-order valence-corrected chi connectivity index (χ0v) is 12.2. The molecule has 1 aliphatic carbocycles. The molecule has 0 aromatic heterocycles. The first-order valence-corrected chi connectivity index (χ1v) is 7.94. The Kier molecular flexibility index (Phi) is 4.01. The van der Waals surface area contributed by atoms with Crippen LogP contribution in [0.1, 0.15) is 25.7 Å². The SMILES string of the molecule is CN(C)S(=O)(=O)c1ccc(N)c(NC2CCCC2)c1. The Bertz CT molecular complexity index is 549. The predicted molar refractivity (Wildman–Crippen MR) is 77.6 cm³/mol. The Morgan fingerprint density at radius 3 is 2.47 bits per heavy atom. The van der Waals surface area contributed by atoms with Gasteiger partial charge in [0, 0.05) is 20.1 Å². The molecule has 0 aliphatic heterocycles. The van der Waals surface area contributed by atoms with Gasteiger partial charge in [0.2, 0.25) is 10.0 Å². The van der Waals surface area contributed by atoms with E-state index in [0.717, 1.165) is 18.5 Å². The van der Waals surface area contributed by atoms with E-state index in [9.17, 15) is 8.42 Å². The molecule has 0 unspecified atom stereocenters. The van der Waals surface area contributed by atoms with Gasteiger partial charge in [0.25, 0.3) is 0 Å². The molecule has 106 valence electrons. The van der Waals surface area contributed by atoms with Gasteiger partial charge in [-0.05, 0) is 31.0 Å². The Morgan fingerprint density at radius 2 is 1.89 bits per heavy atom. The Morgan fingerprint density at radius 1 is 1.26 bits per heavy atom. The standard InChI is InChI=1S/C13H21N3O2S/c1-16(2)19(17,18)11-7-8-12(14)13(9-11)15-10-5-3-4-6-10/h7-10,15H,3-6,14H2,1-2H3. The molecule has 2 rings (SSSR count). The second-order valence-electron chi connectivity index (χ2n) is 5.16. The number of benzene rings is 1. The molecule has 1 aromatic carbocycles. The predicted octanol–water partition coefficient (Wildman–Crippen LogP) is 1.87. The fourth-order valence-corrected chi connectivity index (χ4v) is 3.25. The van der Waals surface area contributed by atoms with Crippen LogP contribution in [0.5, 0.6) is 0 Å². The summed E-state index contributed by atoms with van der Waals surface area (Å²) in [6.07, 6.45) is 4.66. The monoisotopic (exact) mass is 283 g/mol. The molecular weight excluding hydrogens is 262 g/mol. The van der Waals surface area contributed by atoms with Crippen LogP contribution < -0.4 is 11.1 Å². The summed E-state index contributed by atoms with van der Waals surface area (Å²) in [5.41, 5.74) is 7.22. The molecule has 3 N–H and O–H groups in total. The van der Waals surface area contributed by atoms with Gasteiger partial charge in [-0.3, -0.25) is 0 Å². The van der Waals surface area contributed by atoms with Gasteiger partial charge in [-0.15, -0.1) is 0 Å². The second kappa shape index (κ2) is 5.38. The molecule has 1 saturated carbocycles. The first-order valence-electron chi connectivity index (χ1n) is 6.50. The highest BCUT2D eigenvalue weighted by atomic mass is 32.2. The van der Waals surface area contributed by atoms with Crippen LogP contribution in [-0.2, 0) is 10.0 Å². The first-order chi connectivity index (χ1) is 8.91. The molecule has 0 spiro atoms. The van der Waals surface area contributed by atoms with Gasteiger partial charge in [0.05, 0.1) is 16.3 Å². The Balaban J connectivity index is 2.29. The molecule has 6 heteroatoms. The van der Waals surface area contributed by atoms with Crippen LogP contribution in [0.2, 0.25) is 0 Å². The molecule has 0 radical (unpaired) electrons. The molecule has 0 saturated heterocycles. The van der Waals surface area contributed by atoms with Crippen molar-refractivity contribution in [1.29, 1.82) is 0 Å². The zero-order valence-electron chi connectivity index (χ0n) is 11.4. The lowest BCUT2D eigenvalue weighted by atomic mass is 10.2. The zero-order chi connectivity index (χ0) is 14.0. The van der Waals surface area contributed by atoms with E-state index in [2.05, 4.69) is 5.32 Å². The summed E-state index contributed by atoms with van der Waals surface area (Å²) in [5.74, 6) is 0. The molecule has 1 fully saturated rings. The highest BCUT2D eigenvalue weighted by Gasteiger charge is 2.20. The van der Waals surface area contributed by atoms with Crippen LogP contribution in [0.15, 0.2) is 23.1 Å². The number of anilines is 2. The van der Waals surface area contributed by atoms with Crippen LogP contribution in [-0.4, -0.2) is 32.9 Å². The quantitative estimate of drug-likeness (QED) is 0.827. The van der Waals surface area contributed by atoms with Crippen molar-refractivity contribution in [2.24, 2.45) is 0 Å². The lowest BCUT2D eigenvalue weighted by Gasteiger charge is -2.18. The van der Waals surface area contributed by atoms with Crippen molar-refractivity contribution in [1.82, 2.24) is 4.31 Å². The maximum Gasteiger partial charge on any atom is 0.242 e. The van der Waals surface area contributed by atoms with Gasteiger partial charge in [-0.1, -0.05) is 12.8 Å². The fourth-order valence-electron chi connectivity index (χ4n) is 2.32. The molecule has 19 heavy (non-hydrogen) atoms. The van der Waals surface area contributed by atoms with Crippen molar-refractivity contribution in [3.63, 3.8) is 0 Å². The number of hydrogen-bond donors (Lipinski definition) is 2. The third-order valence-electron chi connectivity index (χ3n) is 3.52. The second-order valence-corrected chi connectivity index (χ2v) is 7.31. The summed E-state index contributed by atoms with van der Waals surface area (Å²) in [7, 11) is -0.365. The number of rotatable bonds is 4. The van der Waals surface area contributed by atoms with Gasteiger partial charge in [0.1, 0.15) is 0 Å². The highest BCUT2D eigenvalue weighted by molar-refractivity contribution is 7.89. The summed E-state index contributed by atoms with van der Waals surface area (Å²) >= 11 is 0. The van der Waals surface area contributed by atoms with Crippen LogP contribution in [0.25, 0.3) is 0 Å². The van der Waals surface area contributed by atoms with E-state index in [0.29, 0.717) is 11.7 Å². The van der Waals surface area contributed by atoms with Crippen molar-refractivity contribution in [2.75, 3.05) is 25.1 Å². The average molecular weight is 283 g/mol. The maximum absolute atomic E-state index is 12.1. The molecule has 1 aliphatic rings. The topological polar surface area (TPSA) is 75.4 Å². The van der Waals surface area contributed by atoms with E-state index in [1.807, 2.05) is 0 Å². The van der Waals surface area contributed by atoms with Gasteiger partial charge < -0.3 is 11.1 Å². The van der Waals surface area contributed by atoms with Crippen LogP contribution in [0.4, 0.5) is 11.4 Å². The number of nitrogen functional groups attached to an aromatic ring is 1. The first kappa shape index (κ1) is 14.1. The van der Waals surface area contributed by atoms with Crippen LogP contribution in [0.3, 0.4) is 0 Å². The van der Waals surface area contributed by atoms with E-state index >= 15 is 0 Å². The maximum atomic E-state index is 12.1. The Hall–Kier alpha value is -1.27. The summed E-state index contributed by atoms with van der Waals surface area (Å²) in [6, 6.07) is 5.22. The number of nitrogens with one attached hydrogen (secondary N) is 1. The minimum absolute atomic E-state index is 0.271. The largest absolute Gasteiger partial charge is 0.397 e. The van der Waals surface area contributed by atoms with Gasteiger partial charge in [-0.25, -0.2) is 12.7 Å². The lowest BCUT2D eigenvalue weighted by Crippen LogP contribution is -2.23. The number of hydrogen-bond acceptors (Lipinski definition) is 4. The summed E-state index contributed by atoms with van der Waals surface area (Å²) in [4.78, 5) is 0.271. The molecule has 0 bridgehead atoms. The van der Waals surface area contributed by atoms with Gasteiger partial charge in [0.15, 0.2) is 0 Å². The molecular formula is C13H21N3O2S. The lowest BCUT2D eigenvalue weighted by molar-refractivity contribution is 0.521. The van der Waals surface area contributed by atoms with Crippen molar-refractivity contribution in [3.8, 4) is 0 Å². The van der Waals surface area contributed by atoms with Crippen LogP contribution >= 0.6 is 0 Å². The molecule has 0 amide bonds. The van der Waals surface area contributed by atoms with Gasteiger partial charge in [-0.2, -0.15) is 0 Å². The third kappa shape index (κ3) is 3.01. The summed E-state index contributed by atoms with van der Waals surface area (Å²) < 4.78 is 25.4. The van der Waals surface area contributed by atoms with Crippen LogP contribution in [0, 0.1) is 0 Å². The highest BCUT2D eigenvalue weighted by Crippen LogP contribution is 2.28. The van der Waals surface area contributed by atoms with E-state index in [1.165, 1.54) is 31.2 Å². The molecule has 0 atom stereocenters.